The first kappa shape index (κ1) is 17.2. The van der Waals surface area contributed by atoms with Crippen molar-refractivity contribution in [3.05, 3.63) is 48.9 Å². The van der Waals surface area contributed by atoms with Gasteiger partial charge in [-0.2, -0.15) is 0 Å². The molecule has 5 nitrogen and oxygen atoms in total. The van der Waals surface area contributed by atoms with Crippen molar-refractivity contribution >= 4 is 6.21 Å². The molecule has 0 aromatic rings. The average molecular weight is 290 g/mol. The molecule has 116 valence electrons. The molecule has 0 aromatic carbocycles. The molecular weight excluding hydrogens is 264 g/mol. The molecule has 0 radical (unpaired) electrons. The molecule has 1 saturated heterocycles. The van der Waals surface area contributed by atoms with Crippen LogP contribution in [0.15, 0.2) is 53.8 Å². The van der Waals surface area contributed by atoms with Crippen LogP contribution in [0.1, 0.15) is 12.8 Å². The molecule has 0 aliphatic carbocycles. The average Bonchev–Trinajstić information content (AvgIpc) is 2.53. The smallest absolute Gasteiger partial charge is 0.0823 e. The van der Waals surface area contributed by atoms with Gasteiger partial charge in [-0.3, -0.25) is 4.99 Å². The van der Waals surface area contributed by atoms with Crippen molar-refractivity contribution in [1.82, 2.24) is 10.9 Å². The monoisotopic (exact) mass is 290 g/mol. The molecule has 0 saturated carbocycles. The summed E-state index contributed by atoms with van der Waals surface area (Å²) in [5, 5.41) is 0. The molecule has 1 fully saturated rings. The number of nitrogens with two attached hydrogens (primary N) is 1. The second-order valence-electron chi connectivity index (χ2n) is 4.83. The Morgan fingerprint density at radius 3 is 2.71 bits per heavy atom. The van der Waals surface area contributed by atoms with Crippen LogP contribution < -0.4 is 16.6 Å². The summed E-state index contributed by atoms with van der Waals surface area (Å²) in [5.41, 5.74) is 13.6. The summed E-state index contributed by atoms with van der Waals surface area (Å²) in [5.74, 6) is 0.644. The molecule has 0 spiro atoms. The third kappa shape index (κ3) is 7.48. The quantitative estimate of drug-likeness (QED) is 0.343. The van der Waals surface area contributed by atoms with E-state index in [2.05, 4.69) is 29.0 Å². The summed E-state index contributed by atoms with van der Waals surface area (Å²) < 4.78 is 5.33. The minimum atomic E-state index is 0.550. The Labute approximate surface area is 127 Å². The van der Waals surface area contributed by atoms with Gasteiger partial charge in [0.05, 0.1) is 12.2 Å². The summed E-state index contributed by atoms with van der Waals surface area (Å²) in [6.07, 6.45) is 10.8. The maximum Gasteiger partial charge on any atom is 0.0823 e. The lowest BCUT2D eigenvalue weighted by molar-refractivity contribution is 0.0656. The summed E-state index contributed by atoms with van der Waals surface area (Å²) >= 11 is 0. The van der Waals surface area contributed by atoms with Crippen molar-refractivity contribution < 1.29 is 4.74 Å². The van der Waals surface area contributed by atoms with Crippen LogP contribution in [0, 0.1) is 5.92 Å². The highest BCUT2D eigenvalue weighted by molar-refractivity contribution is 5.77. The van der Waals surface area contributed by atoms with E-state index < -0.39 is 0 Å². The van der Waals surface area contributed by atoms with Crippen molar-refractivity contribution in [2.45, 2.75) is 12.8 Å². The summed E-state index contributed by atoms with van der Waals surface area (Å²) in [6.45, 7) is 10.5. The van der Waals surface area contributed by atoms with Gasteiger partial charge in [-0.1, -0.05) is 31.4 Å². The van der Waals surface area contributed by atoms with Gasteiger partial charge in [0.2, 0.25) is 0 Å². The maximum atomic E-state index is 5.57. The molecule has 0 aromatic heterocycles. The molecular formula is C16H26N4O. The first-order valence-corrected chi connectivity index (χ1v) is 7.22. The molecule has 0 unspecified atom stereocenters. The molecule has 4 N–H and O–H groups in total. The largest absolute Gasteiger partial charge is 0.403 e. The van der Waals surface area contributed by atoms with E-state index in [9.17, 15) is 0 Å². The van der Waals surface area contributed by atoms with E-state index in [-0.39, 0.29) is 0 Å². The second kappa shape index (κ2) is 10.9. The fourth-order valence-electron chi connectivity index (χ4n) is 1.95. The van der Waals surface area contributed by atoms with Crippen molar-refractivity contribution in [2.75, 3.05) is 26.3 Å². The predicted molar refractivity (Wildman–Crippen MR) is 88.8 cm³/mol. The normalized spacial score (nSPS) is 17.9. The van der Waals surface area contributed by atoms with Crippen LogP contribution >= 0.6 is 0 Å². The number of nitrogens with zero attached hydrogens (tertiary/aromatic N) is 1. The predicted octanol–water partition coefficient (Wildman–Crippen LogP) is 1.68. The van der Waals surface area contributed by atoms with Gasteiger partial charge in [-0.05, 0) is 24.3 Å². The maximum absolute atomic E-state index is 5.57. The van der Waals surface area contributed by atoms with Crippen molar-refractivity contribution in [1.29, 1.82) is 0 Å². The number of hydrogen-bond donors (Lipinski definition) is 3. The molecule has 1 aliphatic heterocycles. The zero-order valence-corrected chi connectivity index (χ0v) is 12.6. The Kier molecular flexibility index (Phi) is 8.91. The number of hydrogen-bond acceptors (Lipinski definition) is 5. The molecule has 21 heavy (non-hydrogen) atoms. The zero-order chi connectivity index (χ0) is 15.3. The summed E-state index contributed by atoms with van der Waals surface area (Å²) in [7, 11) is 0. The van der Waals surface area contributed by atoms with Gasteiger partial charge in [0.15, 0.2) is 0 Å². The molecule has 1 heterocycles. The molecule has 0 amide bonds. The SMILES string of the molecule is C=C/C=C(\C=C)CN=C/C(=C\N)NNCC1CCOCC1. The minimum absolute atomic E-state index is 0.550. The molecule has 5 heteroatoms. The van der Waals surface area contributed by atoms with Gasteiger partial charge in [-0.25, -0.2) is 5.43 Å². The minimum Gasteiger partial charge on any atom is -0.403 e. The van der Waals surface area contributed by atoms with Crippen LogP contribution in [-0.2, 0) is 4.74 Å². The highest BCUT2D eigenvalue weighted by atomic mass is 16.5. The first-order valence-electron chi connectivity index (χ1n) is 7.22. The van der Waals surface area contributed by atoms with Gasteiger partial charge in [0.25, 0.3) is 0 Å². The fraction of sp³-hybridized carbons (Fsp3) is 0.438. The van der Waals surface area contributed by atoms with E-state index in [0.29, 0.717) is 12.5 Å². The number of nitrogens with one attached hydrogen (secondary N) is 2. The van der Waals surface area contributed by atoms with Crippen LogP contribution in [0.2, 0.25) is 0 Å². The van der Waals surface area contributed by atoms with E-state index in [0.717, 1.165) is 43.9 Å². The lowest BCUT2D eigenvalue weighted by Crippen LogP contribution is -2.37. The van der Waals surface area contributed by atoms with Crippen molar-refractivity contribution in [2.24, 2.45) is 16.6 Å². The molecule has 1 rings (SSSR count). The standard InChI is InChI=1S/C16H26N4O/c1-3-5-14(4-2)11-18-13-16(10-17)20-19-12-15-6-8-21-9-7-15/h3-5,10,13,15,19-20H,1-2,6-9,11-12,17H2/b14-5+,16-10+,18-13?. The summed E-state index contributed by atoms with van der Waals surface area (Å²) in [6, 6.07) is 0. The van der Waals surface area contributed by atoms with Crippen LogP contribution in [0.25, 0.3) is 0 Å². The fourth-order valence-corrected chi connectivity index (χ4v) is 1.95. The van der Waals surface area contributed by atoms with E-state index >= 15 is 0 Å². The van der Waals surface area contributed by atoms with E-state index in [1.165, 1.54) is 6.20 Å². The van der Waals surface area contributed by atoms with E-state index in [1.54, 1.807) is 18.4 Å². The Morgan fingerprint density at radius 2 is 2.10 bits per heavy atom. The number of aliphatic imine (C=N–C) groups is 1. The Bertz CT molecular complexity index is 407. The van der Waals surface area contributed by atoms with E-state index in [4.69, 9.17) is 10.5 Å². The molecule has 0 bridgehead atoms. The second-order valence-corrected chi connectivity index (χ2v) is 4.83. The van der Waals surface area contributed by atoms with Gasteiger partial charge >= 0.3 is 0 Å². The topological polar surface area (TPSA) is 71.7 Å². The van der Waals surface area contributed by atoms with Crippen LogP contribution in [0.3, 0.4) is 0 Å². The number of allylic oxidation sites excluding steroid dienone is 3. The third-order valence-corrected chi connectivity index (χ3v) is 3.24. The van der Waals surface area contributed by atoms with E-state index in [1.807, 2.05) is 6.08 Å². The Balaban J connectivity index is 2.29. The number of rotatable bonds is 9. The van der Waals surface area contributed by atoms with Crippen LogP contribution in [0.4, 0.5) is 0 Å². The highest BCUT2D eigenvalue weighted by Crippen LogP contribution is 2.12. The third-order valence-electron chi connectivity index (χ3n) is 3.24. The molecule has 0 atom stereocenters. The van der Waals surface area contributed by atoms with Gasteiger partial charge in [-0.15, -0.1) is 0 Å². The van der Waals surface area contributed by atoms with Gasteiger partial charge < -0.3 is 15.9 Å². The summed E-state index contributed by atoms with van der Waals surface area (Å²) in [4.78, 5) is 4.31. The van der Waals surface area contributed by atoms with Gasteiger partial charge in [0.1, 0.15) is 0 Å². The lowest BCUT2D eigenvalue weighted by atomic mass is 10.0. The first-order chi connectivity index (χ1) is 10.3. The van der Waals surface area contributed by atoms with Crippen LogP contribution in [-0.4, -0.2) is 32.5 Å². The van der Waals surface area contributed by atoms with Crippen molar-refractivity contribution in [3.63, 3.8) is 0 Å². The zero-order valence-electron chi connectivity index (χ0n) is 12.6. The number of hydrazine groups is 1. The van der Waals surface area contributed by atoms with Crippen LogP contribution in [0.5, 0.6) is 0 Å². The van der Waals surface area contributed by atoms with Crippen molar-refractivity contribution in [3.8, 4) is 0 Å². The number of ether oxygens (including phenoxy) is 1. The lowest BCUT2D eigenvalue weighted by Gasteiger charge is -2.22. The van der Waals surface area contributed by atoms with Gasteiger partial charge in [0, 0.05) is 32.2 Å². The molecule has 1 aliphatic rings. The Morgan fingerprint density at radius 1 is 1.33 bits per heavy atom. The Hall–Kier alpha value is -1.85. The highest BCUT2D eigenvalue weighted by Gasteiger charge is 2.12.